The SMILES string of the molecule is CN1CCN(Cc2ccc(NC(=O)c3ccc(Cl)c(C#Cc4cc(F)cnc4N)c3)cc2C(F)(F)F)CC1. The number of carbonyl (C=O) groups is 1. The maximum atomic E-state index is 13.9. The number of halogens is 5. The zero-order valence-corrected chi connectivity index (χ0v) is 21.1. The molecule has 2 heterocycles. The van der Waals surface area contributed by atoms with Crippen LogP contribution in [0.5, 0.6) is 0 Å². The lowest BCUT2D eigenvalue weighted by Crippen LogP contribution is -2.44. The lowest BCUT2D eigenvalue weighted by molar-refractivity contribution is -0.138. The molecule has 1 fully saturated rings. The lowest BCUT2D eigenvalue weighted by atomic mass is 10.0. The first-order valence-corrected chi connectivity index (χ1v) is 12.0. The van der Waals surface area contributed by atoms with Gasteiger partial charge in [-0.1, -0.05) is 29.5 Å². The van der Waals surface area contributed by atoms with Gasteiger partial charge in [-0.05, 0) is 49.0 Å². The second-order valence-electron chi connectivity index (χ2n) is 8.93. The van der Waals surface area contributed by atoms with Gasteiger partial charge in [0.1, 0.15) is 11.6 Å². The molecule has 0 unspecified atom stereocenters. The van der Waals surface area contributed by atoms with Crippen molar-refractivity contribution in [2.45, 2.75) is 12.7 Å². The second-order valence-corrected chi connectivity index (χ2v) is 9.34. The first-order chi connectivity index (χ1) is 18.0. The quantitative estimate of drug-likeness (QED) is 0.361. The number of carbonyl (C=O) groups excluding carboxylic acids is 1. The third kappa shape index (κ3) is 6.81. The number of piperazine rings is 1. The third-order valence-corrected chi connectivity index (χ3v) is 6.44. The summed E-state index contributed by atoms with van der Waals surface area (Å²) in [6.07, 6.45) is -3.62. The zero-order valence-electron chi connectivity index (χ0n) is 20.4. The lowest BCUT2D eigenvalue weighted by Gasteiger charge is -2.33. The van der Waals surface area contributed by atoms with Crippen LogP contribution >= 0.6 is 11.6 Å². The van der Waals surface area contributed by atoms with Crippen molar-refractivity contribution in [2.75, 3.05) is 44.3 Å². The summed E-state index contributed by atoms with van der Waals surface area (Å²) in [7, 11) is 1.98. The van der Waals surface area contributed by atoms with Crippen molar-refractivity contribution in [3.63, 3.8) is 0 Å². The molecule has 4 rings (SSSR count). The molecule has 0 atom stereocenters. The van der Waals surface area contributed by atoms with E-state index in [0.29, 0.717) is 13.1 Å². The first kappa shape index (κ1) is 27.4. The molecule has 11 heteroatoms. The van der Waals surface area contributed by atoms with Crippen LogP contribution in [0.3, 0.4) is 0 Å². The smallest absolute Gasteiger partial charge is 0.383 e. The van der Waals surface area contributed by atoms with Crippen LogP contribution in [0.2, 0.25) is 5.02 Å². The standard InChI is InChI=1S/C27H24ClF4N5O/c1-36-8-10-37(11-9-36)16-20-4-6-22(14-23(20)27(30,31)32)35-26(38)19-5-7-24(28)17(12-19)2-3-18-13-21(29)15-34-25(18)33/h4-7,12-15H,8-11,16H2,1H3,(H2,33,34)(H,35,38). The highest BCUT2D eigenvalue weighted by atomic mass is 35.5. The number of anilines is 2. The van der Waals surface area contributed by atoms with E-state index < -0.39 is 23.5 Å². The summed E-state index contributed by atoms with van der Waals surface area (Å²) in [6, 6.07) is 9.16. The normalized spacial score (nSPS) is 14.6. The predicted molar refractivity (Wildman–Crippen MR) is 138 cm³/mol. The topological polar surface area (TPSA) is 74.5 Å². The Morgan fingerprint density at radius 1 is 1.08 bits per heavy atom. The minimum atomic E-state index is -4.58. The van der Waals surface area contributed by atoms with Crippen molar-refractivity contribution in [3.8, 4) is 11.8 Å². The van der Waals surface area contributed by atoms with Crippen molar-refractivity contribution in [1.82, 2.24) is 14.8 Å². The number of hydrogen-bond acceptors (Lipinski definition) is 5. The number of nitrogens with zero attached hydrogens (tertiary/aromatic N) is 3. The molecule has 1 amide bonds. The van der Waals surface area contributed by atoms with E-state index in [1.165, 1.54) is 30.3 Å². The fourth-order valence-electron chi connectivity index (χ4n) is 3.95. The number of amides is 1. The monoisotopic (exact) mass is 545 g/mol. The van der Waals surface area contributed by atoms with Crippen LogP contribution in [0.25, 0.3) is 0 Å². The molecular formula is C27H24ClF4N5O. The van der Waals surface area contributed by atoms with E-state index in [0.717, 1.165) is 31.4 Å². The van der Waals surface area contributed by atoms with Gasteiger partial charge in [0.2, 0.25) is 0 Å². The highest BCUT2D eigenvalue weighted by Gasteiger charge is 2.34. The minimum absolute atomic E-state index is 0.00523. The number of likely N-dealkylation sites (N-methyl/N-ethyl adjacent to an activating group) is 1. The average molecular weight is 546 g/mol. The molecule has 0 spiro atoms. The van der Waals surface area contributed by atoms with Crippen molar-refractivity contribution in [3.05, 3.63) is 87.3 Å². The van der Waals surface area contributed by atoms with Crippen molar-refractivity contribution >= 4 is 29.0 Å². The van der Waals surface area contributed by atoms with Gasteiger partial charge in [-0.2, -0.15) is 13.2 Å². The second kappa shape index (κ2) is 11.4. The summed E-state index contributed by atoms with van der Waals surface area (Å²) in [5.74, 6) is 4.17. The molecular weight excluding hydrogens is 522 g/mol. The molecule has 1 saturated heterocycles. The van der Waals surface area contributed by atoms with Crippen LogP contribution in [0.1, 0.15) is 32.6 Å². The summed E-state index contributed by atoms with van der Waals surface area (Å²) >= 11 is 6.19. The number of rotatable bonds is 4. The Labute approximate surface area is 222 Å². The highest BCUT2D eigenvalue weighted by molar-refractivity contribution is 6.32. The summed E-state index contributed by atoms with van der Waals surface area (Å²) in [5, 5.41) is 2.74. The molecule has 0 aliphatic carbocycles. The third-order valence-electron chi connectivity index (χ3n) is 6.11. The molecule has 0 bridgehead atoms. The van der Waals surface area contributed by atoms with E-state index in [1.54, 1.807) is 0 Å². The van der Waals surface area contributed by atoms with Crippen molar-refractivity contribution in [1.29, 1.82) is 0 Å². The Morgan fingerprint density at radius 3 is 2.50 bits per heavy atom. The average Bonchev–Trinajstić information content (AvgIpc) is 2.87. The number of nitrogen functional groups attached to an aromatic ring is 1. The van der Waals surface area contributed by atoms with Gasteiger partial charge in [0.15, 0.2) is 0 Å². The van der Waals surface area contributed by atoms with Gasteiger partial charge in [0, 0.05) is 49.5 Å². The molecule has 1 aromatic heterocycles. The van der Waals surface area contributed by atoms with E-state index >= 15 is 0 Å². The summed E-state index contributed by atoms with van der Waals surface area (Å²) in [5.41, 5.74) is 5.59. The fraction of sp³-hybridized carbons (Fsp3) is 0.259. The highest BCUT2D eigenvalue weighted by Crippen LogP contribution is 2.35. The number of hydrogen-bond donors (Lipinski definition) is 2. The van der Waals surface area contributed by atoms with Gasteiger partial charge < -0.3 is 16.0 Å². The fourth-order valence-corrected chi connectivity index (χ4v) is 4.12. The molecule has 198 valence electrons. The van der Waals surface area contributed by atoms with Crippen molar-refractivity contribution < 1.29 is 22.4 Å². The van der Waals surface area contributed by atoms with Gasteiger partial charge in [-0.15, -0.1) is 0 Å². The van der Waals surface area contributed by atoms with Gasteiger partial charge in [-0.3, -0.25) is 9.69 Å². The van der Waals surface area contributed by atoms with Crippen LogP contribution in [0.15, 0.2) is 48.7 Å². The van der Waals surface area contributed by atoms with E-state index in [9.17, 15) is 22.4 Å². The summed E-state index contributed by atoms with van der Waals surface area (Å²) < 4.78 is 55.1. The van der Waals surface area contributed by atoms with Crippen LogP contribution in [-0.2, 0) is 12.7 Å². The number of alkyl halides is 3. The van der Waals surface area contributed by atoms with Gasteiger partial charge in [0.05, 0.1) is 22.3 Å². The van der Waals surface area contributed by atoms with Gasteiger partial charge >= 0.3 is 6.18 Å². The Morgan fingerprint density at radius 2 is 1.79 bits per heavy atom. The Hall–Kier alpha value is -3.65. The van der Waals surface area contributed by atoms with E-state index in [1.807, 2.05) is 11.9 Å². The molecule has 3 N–H and O–H groups in total. The molecule has 2 aromatic carbocycles. The van der Waals surface area contributed by atoms with E-state index in [2.05, 4.69) is 27.0 Å². The van der Waals surface area contributed by atoms with E-state index in [4.69, 9.17) is 17.3 Å². The predicted octanol–water partition coefficient (Wildman–Crippen LogP) is 4.87. The minimum Gasteiger partial charge on any atom is -0.383 e. The Bertz CT molecular complexity index is 1410. The number of aromatic nitrogens is 1. The molecule has 1 aliphatic rings. The summed E-state index contributed by atoms with van der Waals surface area (Å²) in [6.45, 7) is 3.10. The van der Waals surface area contributed by atoms with E-state index in [-0.39, 0.29) is 45.3 Å². The molecule has 0 saturated carbocycles. The number of nitrogens with one attached hydrogen (secondary N) is 1. The number of benzene rings is 2. The number of nitrogens with two attached hydrogens (primary N) is 1. The number of pyridine rings is 1. The van der Waals surface area contributed by atoms with Crippen LogP contribution < -0.4 is 11.1 Å². The maximum absolute atomic E-state index is 13.9. The van der Waals surface area contributed by atoms with Crippen LogP contribution in [0.4, 0.5) is 29.1 Å². The van der Waals surface area contributed by atoms with Gasteiger partial charge in [0.25, 0.3) is 5.91 Å². The van der Waals surface area contributed by atoms with Crippen molar-refractivity contribution in [2.24, 2.45) is 0 Å². The molecule has 1 aliphatic heterocycles. The molecule has 3 aromatic rings. The van der Waals surface area contributed by atoms with Crippen LogP contribution in [0, 0.1) is 17.7 Å². The largest absolute Gasteiger partial charge is 0.416 e. The Balaban J connectivity index is 1.54. The molecule has 0 radical (unpaired) electrons. The maximum Gasteiger partial charge on any atom is 0.416 e. The Kier molecular flexibility index (Phi) is 8.21. The molecule has 38 heavy (non-hydrogen) atoms. The molecule has 6 nitrogen and oxygen atoms in total. The van der Waals surface area contributed by atoms with Gasteiger partial charge in [-0.25, -0.2) is 9.37 Å². The zero-order chi connectivity index (χ0) is 27.4. The summed E-state index contributed by atoms with van der Waals surface area (Å²) in [4.78, 5) is 20.7. The van der Waals surface area contributed by atoms with Crippen LogP contribution in [-0.4, -0.2) is 53.9 Å². The first-order valence-electron chi connectivity index (χ1n) is 11.6.